The number of hydrogen-bond acceptors (Lipinski definition) is 3. The molecule has 88 valence electrons. The quantitative estimate of drug-likeness (QED) is 0.611. The lowest BCUT2D eigenvalue weighted by Crippen LogP contribution is -2.54. The molecule has 0 heterocycles. The fraction of sp³-hybridized carbons (Fsp3) is 0.800. The lowest BCUT2D eigenvalue weighted by molar-refractivity contribution is -0.875. The van der Waals surface area contributed by atoms with Crippen molar-refractivity contribution in [3.8, 4) is 0 Å². The molecule has 0 saturated carbocycles. The Morgan fingerprint density at radius 3 is 2.27 bits per heavy atom. The molecule has 1 atom stereocenters. The molecule has 0 saturated heterocycles. The monoisotopic (exact) mass is 219 g/mol. The smallest absolute Gasteiger partial charge is 0.306 e. The van der Waals surface area contributed by atoms with Crippen LogP contribution in [-0.2, 0) is 9.59 Å². The third-order valence-electron chi connectivity index (χ3n) is 1.93. The van der Waals surface area contributed by atoms with Crippen molar-refractivity contribution in [3.05, 3.63) is 0 Å². The number of carbonyl (C=O) groups excluding carboxylic acids is 1. The highest BCUT2D eigenvalue weighted by Gasteiger charge is 2.41. The average molecular weight is 219 g/mol. The number of hydrogen-bond donors (Lipinski definition) is 2. The highest BCUT2D eigenvalue weighted by atomic mass is 16.4. The fourth-order valence-electron chi connectivity index (χ4n) is 1.51. The zero-order valence-electron chi connectivity index (χ0n) is 10.5. The van der Waals surface area contributed by atoms with E-state index >= 15 is 0 Å². The van der Waals surface area contributed by atoms with Crippen LogP contribution in [0.15, 0.2) is 0 Å². The first-order chi connectivity index (χ1) is 7.10. The van der Waals surface area contributed by atoms with Gasteiger partial charge in [-0.2, -0.15) is 0 Å². The molecule has 0 spiro atoms. The summed E-state index contributed by atoms with van der Waals surface area (Å²) in [6.45, 7) is -0.115. The first-order valence-corrected chi connectivity index (χ1v) is 4.68. The van der Waals surface area contributed by atoms with Gasteiger partial charge in [0, 0.05) is 7.79 Å². The van der Waals surface area contributed by atoms with Gasteiger partial charge in [0.1, 0.15) is 6.54 Å². The van der Waals surface area contributed by atoms with Gasteiger partial charge in [-0.1, -0.05) is 6.90 Å². The number of quaternary nitrogens is 1. The van der Waals surface area contributed by atoms with E-state index in [0.717, 1.165) is 0 Å². The number of ketones is 1. The van der Waals surface area contributed by atoms with Crippen LogP contribution in [0.3, 0.4) is 0 Å². The lowest BCUT2D eigenvalue weighted by atomic mass is 9.91. The molecule has 0 aliphatic heterocycles. The largest absolute Gasteiger partial charge is 0.481 e. The van der Waals surface area contributed by atoms with E-state index < -0.39 is 23.8 Å². The molecule has 0 aromatic carbocycles. The number of nitrogens with zero attached hydrogens (tertiary/aromatic N) is 1. The minimum absolute atomic E-state index is 0.0259. The Balaban J connectivity index is 4.87. The topological polar surface area (TPSA) is 74.6 Å². The van der Waals surface area contributed by atoms with Gasteiger partial charge in [-0.3, -0.25) is 9.59 Å². The Kier molecular flexibility index (Phi) is 3.82. The Morgan fingerprint density at radius 2 is 1.93 bits per heavy atom. The number of aliphatic carboxylic acids is 1. The number of carbonyl (C=O) groups is 2. The van der Waals surface area contributed by atoms with Crippen molar-refractivity contribution in [2.45, 2.75) is 25.3 Å². The highest BCUT2D eigenvalue weighted by Crippen LogP contribution is 2.17. The molecule has 0 aromatic rings. The Bertz CT molecular complexity index is 274. The third-order valence-corrected chi connectivity index (χ3v) is 1.93. The Morgan fingerprint density at radius 1 is 1.40 bits per heavy atom. The fourth-order valence-corrected chi connectivity index (χ4v) is 1.51. The number of rotatable bonds is 6. The van der Waals surface area contributed by atoms with Crippen molar-refractivity contribution >= 4 is 11.8 Å². The number of Topliss-reactive ketones (excluding diaryl/α,β-unsaturated/α-hetero) is 1. The van der Waals surface area contributed by atoms with Crippen LogP contribution in [0.25, 0.3) is 0 Å². The second-order valence-corrected chi connectivity index (χ2v) is 4.72. The van der Waals surface area contributed by atoms with Gasteiger partial charge in [-0.05, 0) is 0 Å². The molecule has 5 nitrogen and oxygen atoms in total. The summed E-state index contributed by atoms with van der Waals surface area (Å²) in [5.41, 5.74) is -1.87. The second kappa shape index (κ2) is 4.72. The molecule has 5 heteroatoms. The summed E-state index contributed by atoms with van der Waals surface area (Å²) in [5, 5.41) is 18.8. The van der Waals surface area contributed by atoms with Gasteiger partial charge in [-0.25, -0.2) is 0 Å². The predicted molar refractivity (Wildman–Crippen MR) is 55.4 cm³/mol. The van der Waals surface area contributed by atoms with Gasteiger partial charge >= 0.3 is 5.97 Å². The summed E-state index contributed by atoms with van der Waals surface area (Å²) in [7, 11) is 5.29. The van der Waals surface area contributed by atoms with Crippen LogP contribution in [0.4, 0.5) is 0 Å². The molecule has 0 aromatic heterocycles. The molecule has 0 aliphatic rings. The summed E-state index contributed by atoms with van der Waals surface area (Å²) in [5.74, 6) is -1.78. The van der Waals surface area contributed by atoms with Crippen molar-refractivity contribution < 1.29 is 25.7 Å². The summed E-state index contributed by atoms with van der Waals surface area (Å²) in [6.07, 6.45) is -0.731. The summed E-state index contributed by atoms with van der Waals surface area (Å²) in [6, 6.07) is 0. The van der Waals surface area contributed by atoms with Crippen LogP contribution < -0.4 is 0 Å². The second-order valence-electron chi connectivity index (χ2n) is 4.72. The summed E-state index contributed by atoms with van der Waals surface area (Å²) >= 11 is 0. The third kappa shape index (κ3) is 4.90. The molecule has 2 N–H and O–H groups in total. The van der Waals surface area contributed by atoms with Crippen LogP contribution in [0, 0.1) is 0 Å². The van der Waals surface area contributed by atoms with Gasteiger partial charge in [-0.15, -0.1) is 0 Å². The molecule has 0 aliphatic carbocycles. The first kappa shape index (κ1) is 12.1. The van der Waals surface area contributed by atoms with E-state index in [1.165, 1.54) is 0 Å². The normalized spacial score (nSPS) is 16.7. The zero-order chi connectivity index (χ0) is 13.0. The minimum atomic E-state index is -1.87. The molecule has 0 radical (unpaired) electrons. The molecular formula is C10H20NO4+. The van der Waals surface area contributed by atoms with Crippen molar-refractivity contribution in [1.29, 1.82) is 0 Å². The maximum absolute atomic E-state index is 11.6. The molecule has 15 heavy (non-hydrogen) atoms. The van der Waals surface area contributed by atoms with E-state index in [2.05, 4.69) is 0 Å². The maximum atomic E-state index is 11.6. The van der Waals surface area contributed by atoms with Crippen LogP contribution in [0.2, 0.25) is 0 Å². The summed E-state index contributed by atoms with van der Waals surface area (Å²) in [4.78, 5) is 22.3. The predicted octanol–water partition coefficient (Wildman–Crippen LogP) is -0.122. The van der Waals surface area contributed by atoms with Gasteiger partial charge in [0.2, 0.25) is 0 Å². The lowest BCUT2D eigenvalue weighted by Gasteiger charge is -2.33. The van der Waals surface area contributed by atoms with E-state index in [1.807, 2.05) is 0 Å². The van der Waals surface area contributed by atoms with Gasteiger partial charge in [0.25, 0.3) is 0 Å². The van der Waals surface area contributed by atoms with Crippen LogP contribution >= 0.6 is 0 Å². The molecule has 0 fully saturated rings. The number of carboxylic acid groups (broad SMARTS) is 1. The van der Waals surface area contributed by atoms with Gasteiger partial charge in [0.15, 0.2) is 11.4 Å². The number of likely N-dealkylation sites (N-methyl/N-ethyl adjacent to an activating group) is 1. The molecule has 0 amide bonds. The maximum Gasteiger partial charge on any atom is 0.306 e. The van der Waals surface area contributed by atoms with Gasteiger partial charge in [0.05, 0.1) is 27.6 Å². The van der Waals surface area contributed by atoms with Crippen LogP contribution in [0.5, 0.6) is 0 Å². The number of aliphatic hydroxyl groups is 1. The number of carboxylic acids is 1. The molecular weight excluding hydrogens is 198 g/mol. The van der Waals surface area contributed by atoms with Crippen molar-refractivity contribution in [2.24, 2.45) is 0 Å². The molecule has 0 bridgehead atoms. The highest BCUT2D eigenvalue weighted by molar-refractivity contribution is 5.90. The average Bonchev–Trinajstić information content (AvgIpc) is 1.98. The van der Waals surface area contributed by atoms with Crippen molar-refractivity contribution in [2.75, 3.05) is 27.7 Å². The zero-order valence-corrected chi connectivity index (χ0v) is 9.49. The first-order valence-electron chi connectivity index (χ1n) is 5.38. The van der Waals surface area contributed by atoms with Crippen molar-refractivity contribution in [3.63, 3.8) is 0 Å². The van der Waals surface area contributed by atoms with Crippen LogP contribution in [-0.4, -0.2) is 59.7 Å². The van der Waals surface area contributed by atoms with E-state index in [-0.39, 0.29) is 24.3 Å². The van der Waals surface area contributed by atoms with E-state index in [9.17, 15) is 14.7 Å². The Labute approximate surface area is 91.3 Å². The minimum Gasteiger partial charge on any atom is -0.481 e. The SMILES string of the molecule is [2H]CCC(=O)[C@@](O)(CC(=O)O)C[N+](C)(C)C. The van der Waals surface area contributed by atoms with E-state index in [0.29, 0.717) is 0 Å². The standard InChI is InChI=1S/C10H19NO4/c1-5-8(12)10(15,6-9(13)14)7-11(2,3)4/h15H,5-7H2,1-4H3/p+1/t10-/m1/s1/i1D. The van der Waals surface area contributed by atoms with E-state index in [4.69, 9.17) is 6.48 Å². The molecule has 0 rings (SSSR count). The van der Waals surface area contributed by atoms with Crippen LogP contribution in [0.1, 0.15) is 21.1 Å². The van der Waals surface area contributed by atoms with Gasteiger partial charge < -0.3 is 14.7 Å². The van der Waals surface area contributed by atoms with E-state index in [1.54, 1.807) is 21.1 Å². The Hall–Kier alpha value is -0.940. The van der Waals surface area contributed by atoms with Crippen molar-refractivity contribution in [1.82, 2.24) is 0 Å². The summed E-state index contributed by atoms with van der Waals surface area (Å²) < 4.78 is 7.23. The molecule has 0 unspecified atom stereocenters.